The molecule has 3 rings (SSSR count). The summed E-state index contributed by atoms with van der Waals surface area (Å²) < 4.78 is 5.27. The van der Waals surface area contributed by atoms with Gasteiger partial charge >= 0.3 is 6.03 Å². The summed E-state index contributed by atoms with van der Waals surface area (Å²) in [6.07, 6.45) is 0. The van der Waals surface area contributed by atoms with E-state index in [-0.39, 0.29) is 18.5 Å². The molecule has 0 radical (unpaired) electrons. The van der Waals surface area contributed by atoms with Crippen LogP contribution in [0.25, 0.3) is 0 Å². The summed E-state index contributed by atoms with van der Waals surface area (Å²) in [7, 11) is 1.59. The van der Waals surface area contributed by atoms with Gasteiger partial charge in [-0.1, -0.05) is 29.8 Å². The second-order valence-electron chi connectivity index (χ2n) is 5.92. The highest BCUT2D eigenvalue weighted by atomic mass is 35.5. The van der Waals surface area contributed by atoms with Gasteiger partial charge in [0.05, 0.1) is 7.11 Å². The van der Waals surface area contributed by atoms with Crippen molar-refractivity contribution in [3.05, 3.63) is 59.1 Å². The van der Waals surface area contributed by atoms with Crippen molar-refractivity contribution in [3.8, 4) is 5.75 Å². The van der Waals surface area contributed by atoms with Gasteiger partial charge in [0.2, 0.25) is 5.91 Å². The standard InChI is InChI=1S/C19H20ClN3O3/c1-26-17-5-3-2-4-14(17)12-21-18(24)13-22-10-11-23(19(22)25)16-8-6-15(20)7-9-16/h2-9H,10-13H2,1H3,(H,21,24). The Bertz CT molecular complexity index is 795. The van der Waals surface area contributed by atoms with Crippen molar-refractivity contribution in [1.29, 1.82) is 0 Å². The molecule has 2 aromatic rings. The van der Waals surface area contributed by atoms with Crippen LogP contribution in [-0.2, 0) is 11.3 Å². The first-order chi connectivity index (χ1) is 12.6. The van der Waals surface area contributed by atoms with Gasteiger partial charge in [-0.3, -0.25) is 9.69 Å². The van der Waals surface area contributed by atoms with Crippen LogP contribution in [0.3, 0.4) is 0 Å². The van der Waals surface area contributed by atoms with Crippen molar-refractivity contribution in [2.24, 2.45) is 0 Å². The molecule has 0 unspecified atom stereocenters. The van der Waals surface area contributed by atoms with E-state index in [1.165, 1.54) is 4.90 Å². The molecule has 1 aliphatic heterocycles. The molecule has 7 heteroatoms. The number of carbonyl (C=O) groups is 2. The molecule has 0 saturated carbocycles. The maximum absolute atomic E-state index is 12.5. The van der Waals surface area contributed by atoms with Crippen molar-refractivity contribution in [2.75, 3.05) is 31.6 Å². The van der Waals surface area contributed by atoms with E-state index in [1.54, 1.807) is 36.3 Å². The molecule has 6 nitrogen and oxygen atoms in total. The number of hydrogen-bond donors (Lipinski definition) is 1. The Morgan fingerprint density at radius 2 is 1.88 bits per heavy atom. The predicted octanol–water partition coefficient (Wildman–Crippen LogP) is 2.91. The molecule has 0 aromatic heterocycles. The van der Waals surface area contributed by atoms with Crippen LogP contribution in [0, 0.1) is 0 Å². The molecule has 1 aliphatic rings. The minimum Gasteiger partial charge on any atom is -0.496 e. The molecule has 1 saturated heterocycles. The van der Waals surface area contributed by atoms with Crippen LogP contribution in [0.5, 0.6) is 5.75 Å². The van der Waals surface area contributed by atoms with Crippen molar-refractivity contribution in [1.82, 2.24) is 10.2 Å². The second kappa shape index (κ2) is 8.10. The topological polar surface area (TPSA) is 61.9 Å². The van der Waals surface area contributed by atoms with Crippen LogP contribution in [0.4, 0.5) is 10.5 Å². The van der Waals surface area contributed by atoms with Gasteiger partial charge in [-0.2, -0.15) is 0 Å². The average molecular weight is 374 g/mol. The number of anilines is 1. The minimum atomic E-state index is -0.206. The molecule has 0 aliphatic carbocycles. The van der Waals surface area contributed by atoms with Gasteiger partial charge in [0.25, 0.3) is 0 Å². The lowest BCUT2D eigenvalue weighted by molar-refractivity contribution is -0.121. The fraction of sp³-hybridized carbons (Fsp3) is 0.263. The largest absolute Gasteiger partial charge is 0.496 e. The zero-order valence-corrected chi connectivity index (χ0v) is 15.2. The van der Waals surface area contributed by atoms with Crippen LogP contribution < -0.4 is 15.0 Å². The molecular weight excluding hydrogens is 354 g/mol. The van der Waals surface area contributed by atoms with Crippen LogP contribution in [0.15, 0.2) is 48.5 Å². The number of carbonyl (C=O) groups excluding carboxylic acids is 2. The van der Waals surface area contributed by atoms with E-state index in [0.717, 1.165) is 17.0 Å². The fourth-order valence-electron chi connectivity index (χ4n) is 2.86. The molecule has 0 atom stereocenters. The highest BCUT2D eigenvalue weighted by molar-refractivity contribution is 6.30. The van der Waals surface area contributed by atoms with Crippen LogP contribution in [-0.4, -0.2) is 43.6 Å². The summed E-state index contributed by atoms with van der Waals surface area (Å²) >= 11 is 5.88. The number of amides is 3. The summed E-state index contributed by atoms with van der Waals surface area (Å²) in [5.74, 6) is 0.515. The quantitative estimate of drug-likeness (QED) is 0.846. The highest BCUT2D eigenvalue weighted by Crippen LogP contribution is 2.22. The molecule has 0 spiro atoms. The third kappa shape index (κ3) is 4.08. The number of nitrogens with one attached hydrogen (secondary N) is 1. The van der Waals surface area contributed by atoms with Gasteiger partial charge in [0.1, 0.15) is 12.3 Å². The molecular formula is C19H20ClN3O3. The summed E-state index contributed by atoms with van der Waals surface area (Å²) in [6.45, 7) is 1.42. The summed E-state index contributed by atoms with van der Waals surface area (Å²) in [5, 5.41) is 3.45. The second-order valence-corrected chi connectivity index (χ2v) is 6.36. The van der Waals surface area contributed by atoms with E-state index < -0.39 is 0 Å². The van der Waals surface area contributed by atoms with E-state index in [2.05, 4.69) is 5.32 Å². The lowest BCUT2D eigenvalue weighted by Crippen LogP contribution is -2.39. The Labute approximate surface area is 157 Å². The van der Waals surface area contributed by atoms with Crippen molar-refractivity contribution in [2.45, 2.75) is 6.54 Å². The third-order valence-corrected chi connectivity index (χ3v) is 4.49. The van der Waals surface area contributed by atoms with Gasteiger partial charge < -0.3 is 15.0 Å². The average Bonchev–Trinajstić information content (AvgIpc) is 3.01. The predicted molar refractivity (Wildman–Crippen MR) is 101 cm³/mol. The van der Waals surface area contributed by atoms with Crippen molar-refractivity contribution >= 4 is 29.2 Å². The minimum absolute atomic E-state index is 0.0259. The smallest absolute Gasteiger partial charge is 0.325 e. The molecule has 3 amide bonds. The molecule has 26 heavy (non-hydrogen) atoms. The van der Waals surface area contributed by atoms with E-state index in [0.29, 0.717) is 24.7 Å². The maximum atomic E-state index is 12.5. The number of urea groups is 1. The Hall–Kier alpha value is -2.73. The first-order valence-electron chi connectivity index (χ1n) is 8.29. The number of methoxy groups -OCH3 is 1. The van der Waals surface area contributed by atoms with Crippen LogP contribution in [0.1, 0.15) is 5.56 Å². The van der Waals surface area contributed by atoms with E-state index in [1.807, 2.05) is 24.3 Å². The zero-order valence-electron chi connectivity index (χ0n) is 14.4. The Balaban J connectivity index is 1.55. The van der Waals surface area contributed by atoms with Gasteiger partial charge in [-0.25, -0.2) is 4.79 Å². The molecule has 1 N–H and O–H groups in total. The molecule has 2 aromatic carbocycles. The summed E-state index contributed by atoms with van der Waals surface area (Å²) in [4.78, 5) is 27.9. The zero-order chi connectivity index (χ0) is 18.5. The van der Waals surface area contributed by atoms with Gasteiger partial charge in [0, 0.05) is 35.9 Å². The molecule has 136 valence electrons. The summed E-state index contributed by atoms with van der Waals surface area (Å²) in [5.41, 5.74) is 1.66. The summed E-state index contributed by atoms with van der Waals surface area (Å²) in [6, 6.07) is 14.4. The van der Waals surface area contributed by atoms with Gasteiger partial charge in [-0.05, 0) is 30.3 Å². The fourth-order valence-corrected chi connectivity index (χ4v) is 2.99. The van der Waals surface area contributed by atoms with Crippen LogP contribution >= 0.6 is 11.6 Å². The number of hydrogen-bond acceptors (Lipinski definition) is 3. The van der Waals surface area contributed by atoms with Gasteiger partial charge in [-0.15, -0.1) is 0 Å². The normalized spacial score (nSPS) is 13.8. The number of ether oxygens (including phenoxy) is 1. The molecule has 1 fully saturated rings. The monoisotopic (exact) mass is 373 g/mol. The van der Waals surface area contributed by atoms with E-state index in [4.69, 9.17) is 16.3 Å². The lowest BCUT2D eigenvalue weighted by atomic mass is 10.2. The number of nitrogens with zero attached hydrogens (tertiary/aromatic N) is 2. The Morgan fingerprint density at radius 1 is 1.15 bits per heavy atom. The van der Waals surface area contributed by atoms with Crippen molar-refractivity contribution < 1.29 is 14.3 Å². The van der Waals surface area contributed by atoms with E-state index >= 15 is 0 Å². The Kier molecular flexibility index (Phi) is 5.63. The van der Waals surface area contributed by atoms with Gasteiger partial charge in [0.15, 0.2) is 0 Å². The number of rotatable bonds is 6. The SMILES string of the molecule is COc1ccccc1CNC(=O)CN1CCN(c2ccc(Cl)cc2)C1=O. The van der Waals surface area contributed by atoms with E-state index in [9.17, 15) is 9.59 Å². The third-order valence-electron chi connectivity index (χ3n) is 4.24. The number of para-hydroxylation sites is 1. The van der Waals surface area contributed by atoms with Crippen molar-refractivity contribution in [3.63, 3.8) is 0 Å². The first kappa shape index (κ1) is 18.1. The van der Waals surface area contributed by atoms with Crippen LogP contribution in [0.2, 0.25) is 5.02 Å². The number of benzene rings is 2. The first-order valence-corrected chi connectivity index (χ1v) is 8.67. The highest BCUT2D eigenvalue weighted by Gasteiger charge is 2.30. The maximum Gasteiger partial charge on any atom is 0.325 e. The molecule has 0 bridgehead atoms. The molecule has 1 heterocycles. The Morgan fingerprint density at radius 3 is 2.62 bits per heavy atom. The number of halogens is 1. The lowest BCUT2D eigenvalue weighted by Gasteiger charge is -2.18.